The summed E-state index contributed by atoms with van der Waals surface area (Å²) >= 11 is 0. The average molecular weight is 295 g/mol. The second-order valence-electron chi connectivity index (χ2n) is 5.74. The van der Waals surface area contributed by atoms with Crippen LogP contribution in [0.15, 0.2) is 30.3 Å². The Hall–Kier alpha value is -2.16. The fourth-order valence-electron chi connectivity index (χ4n) is 3.04. The van der Waals surface area contributed by atoms with Crippen molar-refractivity contribution in [3.8, 4) is 11.3 Å². The zero-order chi connectivity index (χ0) is 15.5. The summed E-state index contributed by atoms with van der Waals surface area (Å²) in [6.07, 6.45) is 4.90. The van der Waals surface area contributed by atoms with Crippen molar-refractivity contribution in [2.24, 2.45) is 0 Å². The lowest BCUT2D eigenvalue weighted by Crippen LogP contribution is -2.08. The lowest BCUT2D eigenvalue weighted by molar-refractivity contribution is 0.0525. The van der Waals surface area contributed by atoms with E-state index >= 15 is 0 Å². The minimum absolute atomic E-state index is 0.301. The topological polar surface area (TPSA) is 39.2 Å². The van der Waals surface area contributed by atoms with Gasteiger partial charge in [0.2, 0.25) is 0 Å². The highest BCUT2D eigenvalue weighted by Crippen LogP contribution is 2.27. The molecule has 3 heteroatoms. The second kappa shape index (κ2) is 6.30. The molecule has 1 aliphatic carbocycles. The van der Waals surface area contributed by atoms with Crippen LogP contribution in [0.1, 0.15) is 46.9 Å². The minimum atomic E-state index is -0.301. The number of fused-ring (bicyclic) bond motifs is 1. The van der Waals surface area contributed by atoms with Crippen molar-refractivity contribution >= 4 is 5.97 Å². The SMILES string of the molecule is CCOC(=O)c1ccc(-c2ccc3c(c2)CCCC3)nc1C. The molecule has 0 fully saturated rings. The van der Waals surface area contributed by atoms with Crippen molar-refractivity contribution in [3.05, 3.63) is 52.7 Å². The monoisotopic (exact) mass is 295 g/mol. The molecule has 1 aromatic heterocycles. The molecular weight excluding hydrogens is 274 g/mol. The first-order valence-corrected chi connectivity index (χ1v) is 7.96. The van der Waals surface area contributed by atoms with Gasteiger partial charge in [0.05, 0.1) is 23.6 Å². The first kappa shape index (κ1) is 14.8. The summed E-state index contributed by atoms with van der Waals surface area (Å²) in [6, 6.07) is 10.3. The number of esters is 1. The summed E-state index contributed by atoms with van der Waals surface area (Å²) in [7, 11) is 0. The van der Waals surface area contributed by atoms with Gasteiger partial charge >= 0.3 is 5.97 Å². The lowest BCUT2D eigenvalue weighted by Gasteiger charge is -2.16. The molecule has 0 N–H and O–H groups in total. The third-order valence-corrected chi connectivity index (χ3v) is 4.23. The highest BCUT2D eigenvalue weighted by Gasteiger charge is 2.14. The number of aromatic nitrogens is 1. The zero-order valence-corrected chi connectivity index (χ0v) is 13.2. The van der Waals surface area contributed by atoms with Crippen molar-refractivity contribution in [2.45, 2.75) is 39.5 Å². The van der Waals surface area contributed by atoms with Crippen LogP contribution in [0.4, 0.5) is 0 Å². The minimum Gasteiger partial charge on any atom is -0.462 e. The van der Waals surface area contributed by atoms with Crippen LogP contribution in [0.5, 0.6) is 0 Å². The molecular formula is C19H21NO2. The van der Waals surface area contributed by atoms with Gasteiger partial charge in [-0.25, -0.2) is 4.79 Å². The Morgan fingerprint density at radius 1 is 1.14 bits per heavy atom. The highest BCUT2D eigenvalue weighted by atomic mass is 16.5. The maximum atomic E-state index is 11.8. The molecule has 2 aromatic rings. The third-order valence-electron chi connectivity index (χ3n) is 4.23. The maximum Gasteiger partial charge on any atom is 0.339 e. The fraction of sp³-hybridized carbons (Fsp3) is 0.368. The van der Waals surface area contributed by atoms with E-state index in [1.165, 1.54) is 30.4 Å². The normalized spacial score (nSPS) is 13.5. The summed E-state index contributed by atoms with van der Waals surface area (Å²) in [5, 5.41) is 0. The quantitative estimate of drug-likeness (QED) is 0.800. The van der Waals surface area contributed by atoms with Gasteiger partial charge < -0.3 is 4.74 Å². The Morgan fingerprint density at radius 3 is 2.64 bits per heavy atom. The molecule has 1 aromatic carbocycles. The maximum absolute atomic E-state index is 11.8. The van der Waals surface area contributed by atoms with Crippen molar-refractivity contribution in [1.82, 2.24) is 4.98 Å². The van der Waals surface area contributed by atoms with Crippen LogP contribution in [0.25, 0.3) is 11.3 Å². The fourth-order valence-corrected chi connectivity index (χ4v) is 3.04. The number of pyridine rings is 1. The molecule has 0 saturated heterocycles. The van der Waals surface area contributed by atoms with E-state index in [4.69, 9.17) is 4.74 Å². The van der Waals surface area contributed by atoms with E-state index in [1.54, 1.807) is 0 Å². The molecule has 3 nitrogen and oxygen atoms in total. The van der Waals surface area contributed by atoms with Crippen LogP contribution >= 0.6 is 0 Å². The third kappa shape index (κ3) is 2.89. The van der Waals surface area contributed by atoms with Crippen LogP contribution in [-0.4, -0.2) is 17.6 Å². The van der Waals surface area contributed by atoms with Crippen LogP contribution < -0.4 is 0 Å². The van der Waals surface area contributed by atoms with Crippen LogP contribution in [0.3, 0.4) is 0 Å². The van der Waals surface area contributed by atoms with Gasteiger partial charge in [0, 0.05) is 5.56 Å². The van der Waals surface area contributed by atoms with Gasteiger partial charge in [-0.2, -0.15) is 0 Å². The van der Waals surface area contributed by atoms with Crippen LogP contribution in [-0.2, 0) is 17.6 Å². The number of nitrogens with zero attached hydrogens (tertiary/aromatic N) is 1. The molecule has 0 saturated carbocycles. The Balaban J connectivity index is 1.92. The predicted molar refractivity (Wildman–Crippen MR) is 87.0 cm³/mol. The lowest BCUT2D eigenvalue weighted by atomic mass is 9.90. The van der Waals surface area contributed by atoms with Crippen LogP contribution in [0.2, 0.25) is 0 Å². The smallest absolute Gasteiger partial charge is 0.339 e. The molecule has 0 bridgehead atoms. The zero-order valence-electron chi connectivity index (χ0n) is 13.2. The molecule has 3 rings (SSSR count). The van der Waals surface area contributed by atoms with E-state index in [9.17, 15) is 4.79 Å². The molecule has 0 spiro atoms. The van der Waals surface area contributed by atoms with E-state index in [0.29, 0.717) is 17.9 Å². The highest BCUT2D eigenvalue weighted by molar-refractivity contribution is 5.90. The number of rotatable bonds is 3. The van der Waals surface area contributed by atoms with Gasteiger partial charge in [0.25, 0.3) is 0 Å². The summed E-state index contributed by atoms with van der Waals surface area (Å²) in [4.78, 5) is 16.4. The van der Waals surface area contributed by atoms with Gasteiger partial charge in [0.15, 0.2) is 0 Å². The van der Waals surface area contributed by atoms with Crippen molar-refractivity contribution in [1.29, 1.82) is 0 Å². The van der Waals surface area contributed by atoms with Crippen LogP contribution in [0, 0.1) is 6.92 Å². The summed E-state index contributed by atoms with van der Waals surface area (Å²) < 4.78 is 5.05. The Kier molecular flexibility index (Phi) is 4.23. The van der Waals surface area contributed by atoms with Crippen molar-refractivity contribution < 1.29 is 9.53 Å². The number of carbonyl (C=O) groups is 1. The molecule has 0 radical (unpaired) electrons. The first-order valence-electron chi connectivity index (χ1n) is 7.96. The average Bonchev–Trinajstić information content (AvgIpc) is 2.54. The van der Waals surface area contributed by atoms with E-state index in [1.807, 2.05) is 26.0 Å². The molecule has 1 heterocycles. The second-order valence-corrected chi connectivity index (χ2v) is 5.74. The molecule has 0 atom stereocenters. The predicted octanol–water partition coefficient (Wildman–Crippen LogP) is 4.11. The molecule has 0 unspecified atom stereocenters. The summed E-state index contributed by atoms with van der Waals surface area (Å²) in [5.41, 5.74) is 6.21. The van der Waals surface area contributed by atoms with Crippen molar-refractivity contribution in [3.63, 3.8) is 0 Å². The number of carbonyl (C=O) groups excluding carboxylic acids is 1. The number of hydrogen-bond acceptors (Lipinski definition) is 3. The van der Waals surface area contributed by atoms with Crippen molar-refractivity contribution in [2.75, 3.05) is 6.61 Å². The van der Waals surface area contributed by atoms with E-state index in [-0.39, 0.29) is 5.97 Å². The number of benzene rings is 1. The Morgan fingerprint density at radius 2 is 1.91 bits per heavy atom. The molecule has 0 amide bonds. The van der Waals surface area contributed by atoms with E-state index < -0.39 is 0 Å². The Bertz CT molecular complexity index is 707. The van der Waals surface area contributed by atoms with E-state index in [2.05, 4.69) is 23.2 Å². The van der Waals surface area contributed by atoms with Gasteiger partial charge in [-0.3, -0.25) is 4.98 Å². The van der Waals surface area contributed by atoms with Gasteiger partial charge in [-0.05, 0) is 68.9 Å². The summed E-state index contributed by atoms with van der Waals surface area (Å²) in [5.74, 6) is -0.301. The first-order chi connectivity index (χ1) is 10.7. The standard InChI is InChI=1S/C19H21NO2/c1-3-22-19(21)17-10-11-18(20-13(17)2)16-9-8-14-6-4-5-7-15(14)12-16/h8-12H,3-7H2,1-2H3. The van der Waals surface area contributed by atoms with Gasteiger partial charge in [0.1, 0.15) is 0 Å². The molecule has 0 aliphatic heterocycles. The van der Waals surface area contributed by atoms with Gasteiger partial charge in [-0.1, -0.05) is 12.1 Å². The molecule has 114 valence electrons. The largest absolute Gasteiger partial charge is 0.462 e. The van der Waals surface area contributed by atoms with Gasteiger partial charge in [-0.15, -0.1) is 0 Å². The van der Waals surface area contributed by atoms with E-state index in [0.717, 1.165) is 17.7 Å². The number of ether oxygens (including phenoxy) is 1. The Labute approximate surface area is 131 Å². The number of aryl methyl sites for hydroxylation is 3. The number of hydrogen-bond donors (Lipinski definition) is 0. The molecule has 22 heavy (non-hydrogen) atoms. The summed E-state index contributed by atoms with van der Waals surface area (Å²) in [6.45, 7) is 4.04. The molecule has 1 aliphatic rings.